The minimum absolute atomic E-state index is 0.197. The zero-order valence-corrected chi connectivity index (χ0v) is 11.9. The van der Waals surface area contributed by atoms with Crippen LogP contribution in [0, 0.1) is 0 Å². The Bertz CT molecular complexity index is 807. The molecule has 0 atom stereocenters. The van der Waals surface area contributed by atoms with Gasteiger partial charge in [-0.05, 0) is 40.6 Å². The molecule has 3 nitrogen and oxygen atoms in total. The molecule has 21 heavy (non-hydrogen) atoms. The van der Waals surface area contributed by atoms with Crippen molar-refractivity contribution in [1.29, 1.82) is 0 Å². The SMILES string of the molecule is O=C(/C=C/c1ccsc1)Nc1cccc2c(O)cccc12. The van der Waals surface area contributed by atoms with E-state index in [9.17, 15) is 9.90 Å². The molecule has 2 aromatic carbocycles. The summed E-state index contributed by atoms with van der Waals surface area (Å²) >= 11 is 1.59. The topological polar surface area (TPSA) is 49.3 Å². The monoisotopic (exact) mass is 295 g/mol. The molecule has 0 radical (unpaired) electrons. The lowest BCUT2D eigenvalue weighted by atomic mass is 10.1. The molecule has 2 N–H and O–H groups in total. The van der Waals surface area contributed by atoms with Crippen LogP contribution in [-0.4, -0.2) is 11.0 Å². The summed E-state index contributed by atoms with van der Waals surface area (Å²) in [6.07, 6.45) is 3.28. The fourth-order valence-electron chi connectivity index (χ4n) is 2.12. The van der Waals surface area contributed by atoms with Crippen LogP contribution in [0.2, 0.25) is 0 Å². The summed E-state index contributed by atoms with van der Waals surface area (Å²) in [5.41, 5.74) is 1.69. The molecule has 0 aliphatic heterocycles. The zero-order valence-electron chi connectivity index (χ0n) is 11.1. The molecule has 3 aromatic rings. The molecular weight excluding hydrogens is 282 g/mol. The molecule has 0 saturated heterocycles. The molecule has 0 bridgehead atoms. The van der Waals surface area contributed by atoms with E-state index < -0.39 is 0 Å². The third-order valence-electron chi connectivity index (χ3n) is 3.13. The molecule has 0 saturated carbocycles. The van der Waals surface area contributed by atoms with Gasteiger partial charge in [-0.3, -0.25) is 4.79 Å². The van der Waals surface area contributed by atoms with Gasteiger partial charge in [0.2, 0.25) is 5.91 Å². The lowest BCUT2D eigenvalue weighted by Crippen LogP contribution is -2.07. The van der Waals surface area contributed by atoms with Crippen LogP contribution in [0.15, 0.2) is 59.3 Å². The summed E-state index contributed by atoms with van der Waals surface area (Å²) in [5.74, 6) is 0.00876. The number of thiophene rings is 1. The summed E-state index contributed by atoms with van der Waals surface area (Å²) in [6, 6.07) is 12.6. The molecule has 1 aromatic heterocycles. The number of nitrogens with one attached hydrogen (secondary N) is 1. The molecule has 3 rings (SSSR count). The number of carbonyl (C=O) groups is 1. The molecule has 0 aliphatic rings. The average molecular weight is 295 g/mol. The Kier molecular flexibility index (Phi) is 3.71. The van der Waals surface area contributed by atoms with Crippen LogP contribution in [-0.2, 0) is 4.79 Å². The molecule has 4 heteroatoms. The quantitative estimate of drug-likeness (QED) is 0.709. The second-order valence-corrected chi connectivity index (χ2v) is 5.34. The molecular formula is C17H13NO2S. The number of benzene rings is 2. The van der Waals surface area contributed by atoms with Crippen molar-refractivity contribution in [3.63, 3.8) is 0 Å². The molecule has 104 valence electrons. The molecule has 0 unspecified atom stereocenters. The predicted molar refractivity (Wildman–Crippen MR) is 87.6 cm³/mol. The first-order valence-electron chi connectivity index (χ1n) is 6.46. The van der Waals surface area contributed by atoms with Crippen LogP contribution in [0.1, 0.15) is 5.56 Å². The van der Waals surface area contributed by atoms with Crippen molar-refractivity contribution in [3.8, 4) is 5.75 Å². The van der Waals surface area contributed by atoms with Crippen molar-refractivity contribution in [2.75, 3.05) is 5.32 Å². The number of phenolic OH excluding ortho intramolecular Hbond substituents is 1. The molecule has 0 aliphatic carbocycles. The zero-order chi connectivity index (χ0) is 14.7. The normalized spacial score (nSPS) is 11.0. The third kappa shape index (κ3) is 2.95. The Balaban J connectivity index is 1.85. The van der Waals surface area contributed by atoms with Crippen LogP contribution in [0.25, 0.3) is 16.8 Å². The Morgan fingerprint density at radius 1 is 1.10 bits per heavy atom. The summed E-state index contributed by atoms with van der Waals surface area (Å²) in [7, 11) is 0. The van der Waals surface area contributed by atoms with Gasteiger partial charge in [-0.15, -0.1) is 0 Å². The number of rotatable bonds is 3. The second-order valence-electron chi connectivity index (χ2n) is 4.56. The van der Waals surface area contributed by atoms with E-state index in [1.54, 1.807) is 35.6 Å². The maximum absolute atomic E-state index is 12.0. The highest BCUT2D eigenvalue weighted by Crippen LogP contribution is 2.29. The Hall–Kier alpha value is -2.59. The lowest BCUT2D eigenvalue weighted by Gasteiger charge is -2.07. The summed E-state index contributed by atoms with van der Waals surface area (Å²) in [6.45, 7) is 0. The van der Waals surface area contributed by atoms with Crippen LogP contribution in [0.5, 0.6) is 5.75 Å². The van der Waals surface area contributed by atoms with Gasteiger partial charge in [-0.1, -0.05) is 24.3 Å². The highest BCUT2D eigenvalue weighted by molar-refractivity contribution is 7.08. The van der Waals surface area contributed by atoms with E-state index in [1.165, 1.54) is 6.08 Å². The standard InChI is InChI=1S/C17H13NO2S/c19-16-6-2-3-13-14(16)4-1-5-15(13)18-17(20)8-7-12-9-10-21-11-12/h1-11,19H,(H,18,20)/b8-7+. The number of aromatic hydroxyl groups is 1. The Morgan fingerprint density at radius 2 is 1.90 bits per heavy atom. The molecule has 1 heterocycles. The second kappa shape index (κ2) is 5.81. The van der Waals surface area contributed by atoms with Crippen LogP contribution >= 0.6 is 11.3 Å². The molecule has 0 fully saturated rings. The summed E-state index contributed by atoms with van der Waals surface area (Å²) in [5, 5.41) is 18.1. The van der Waals surface area contributed by atoms with Crippen molar-refractivity contribution < 1.29 is 9.90 Å². The first-order chi connectivity index (χ1) is 10.2. The van der Waals surface area contributed by atoms with Gasteiger partial charge in [-0.2, -0.15) is 11.3 Å². The van der Waals surface area contributed by atoms with Crippen molar-refractivity contribution in [2.24, 2.45) is 0 Å². The first kappa shape index (κ1) is 13.4. The maximum Gasteiger partial charge on any atom is 0.248 e. The predicted octanol–water partition coefficient (Wildman–Crippen LogP) is 4.26. The van der Waals surface area contributed by atoms with Gasteiger partial charge in [0.05, 0.1) is 0 Å². The van der Waals surface area contributed by atoms with Gasteiger partial charge in [-0.25, -0.2) is 0 Å². The van der Waals surface area contributed by atoms with E-state index in [0.717, 1.165) is 16.3 Å². The van der Waals surface area contributed by atoms with E-state index in [0.29, 0.717) is 5.69 Å². The fourth-order valence-corrected chi connectivity index (χ4v) is 2.75. The Labute approximate surface area is 126 Å². The smallest absolute Gasteiger partial charge is 0.248 e. The largest absolute Gasteiger partial charge is 0.507 e. The van der Waals surface area contributed by atoms with E-state index in [-0.39, 0.29) is 11.7 Å². The number of hydrogen-bond acceptors (Lipinski definition) is 3. The number of anilines is 1. The van der Waals surface area contributed by atoms with Gasteiger partial charge in [0.15, 0.2) is 0 Å². The van der Waals surface area contributed by atoms with Crippen LogP contribution in [0.4, 0.5) is 5.69 Å². The van der Waals surface area contributed by atoms with Gasteiger partial charge < -0.3 is 10.4 Å². The summed E-state index contributed by atoms with van der Waals surface area (Å²) in [4.78, 5) is 12.0. The van der Waals surface area contributed by atoms with E-state index in [4.69, 9.17) is 0 Å². The highest BCUT2D eigenvalue weighted by atomic mass is 32.1. The number of fused-ring (bicyclic) bond motifs is 1. The average Bonchev–Trinajstić information content (AvgIpc) is 3.00. The van der Waals surface area contributed by atoms with Crippen molar-refractivity contribution >= 4 is 39.8 Å². The van der Waals surface area contributed by atoms with Crippen LogP contribution < -0.4 is 5.32 Å². The first-order valence-corrected chi connectivity index (χ1v) is 7.40. The maximum atomic E-state index is 12.0. The van der Waals surface area contributed by atoms with Gasteiger partial charge in [0.25, 0.3) is 0 Å². The van der Waals surface area contributed by atoms with Crippen molar-refractivity contribution in [3.05, 3.63) is 64.9 Å². The van der Waals surface area contributed by atoms with E-state index in [2.05, 4.69) is 5.32 Å². The fraction of sp³-hybridized carbons (Fsp3) is 0. The molecule has 0 spiro atoms. The Morgan fingerprint density at radius 3 is 2.71 bits per heavy atom. The van der Waals surface area contributed by atoms with Gasteiger partial charge in [0, 0.05) is 22.5 Å². The van der Waals surface area contributed by atoms with Gasteiger partial charge in [0.1, 0.15) is 5.75 Å². The van der Waals surface area contributed by atoms with Crippen LogP contribution in [0.3, 0.4) is 0 Å². The van der Waals surface area contributed by atoms with Crippen molar-refractivity contribution in [1.82, 2.24) is 0 Å². The minimum Gasteiger partial charge on any atom is -0.507 e. The van der Waals surface area contributed by atoms with Crippen molar-refractivity contribution in [2.45, 2.75) is 0 Å². The van der Waals surface area contributed by atoms with Gasteiger partial charge >= 0.3 is 0 Å². The molecule has 1 amide bonds. The third-order valence-corrected chi connectivity index (χ3v) is 3.83. The van der Waals surface area contributed by atoms with E-state index in [1.807, 2.05) is 35.0 Å². The highest BCUT2D eigenvalue weighted by Gasteiger charge is 2.05. The minimum atomic E-state index is -0.197. The summed E-state index contributed by atoms with van der Waals surface area (Å²) < 4.78 is 0. The number of amides is 1. The number of phenols is 1. The number of carbonyl (C=O) groups excluding carboxylic acids is 1. The lowest BCUT2D eigenvalue weighted by molar-refractivity contribution is -0.111. The number of hydrogen-bond donors (Lipinski definition) is 2. The van der Waals surface area contributed by atoms with E-state index >= 15 is 0 Å².